The highest BCUT2D eigenvalue weighted by molar-refractivity contribution is 14.1. The molecule has 2 nitrogen and oxygen atoms in total. The normalized spacial score (nSPS) is 12.0. The lowest BCUT2D eigenvalue weighted by molar-refractivity contribution is 1.44. The molecular formula is C28H22I2N2S. The Hall–Kier alpha value is -2.10. The second-order valence-corrected chi connectivity index (χ2v) is 10.6. The number of halogens is 2. The van der Waals surface area contributed by atoms with E-state index in [0.29, 0.717) is 0 Å². The van der Waals surface area contributed by atoms with E-state index < -0.39 is 0 Å². The van der Waals surface area contributed by atoms with E-state index in [2.05, 4.69) is 148 Å². The van der Waals surface area contributed by atoms with Crippen molar-refractivity contribution in [3.8, 4) is 0 Å². The van der Waals surface area contributed by atoms with Crippen LogP contribution in [0.5, 0.6) is 0 Å². The number of nitrogens with one attached hydrogen (secondary N) is 1. The predicted molar refractivity (Wildman–Crippen MR) is 161 cm³/mol. The first kappa shape index (κ1) is 24.0. The van der Waals surface area contributed by atoms with Crippen LogP contribution in [0.3, 0.4) is 0 Å². The Balaban J connectivity index is 1.81. The standard InChI is InChI=1S/C28H22I2N2S/c1-33-26-17-15-25(16-18-26)32-28(21-7-9-22(29)10-8-21)19-27(20-5-3-2-4-6-20)31-24-13-11-23(30)12-14-24/h2-19,32H,1H3/b28-19+,31-27?. The van der Waals surface area contributed by atoms with E-state index in [1.54, 1.807) is 11.8 Å². The van der Waals surface area contributed by atoms with Crippen molar-refractivity contribution in [1.29, 1.82) is 0 Å². The molecule has 4 aromatic rings. The second-order valence-electron chi connectivity index (χ2n) is 7.26. The monoisotopic (exact) mass is 672 g/mol. The van der Waals surface area contributed by atoms with Gasteiger partial charge < -0.3 is 5.32 Å². The fraction of sp³-hybridized carbons (Fsp3) is 0.0357. The number of hydrogen-bond acceptors (Lipinski definition) is 3. The van der Waals surface area contributed by atoms with E-state index in [1.807, 2.05) is 18.2 Å². The molecule has 0 aliphatic carbocycles. The first-order chi connectivity index (χ1) is 16.1. The highest BCUT2D eigenvalue weighted by atomic mass is 127. The molecule has 1 N–H and O–H groups in total. The maximum Gasteiger partial charge on any atom is 0.0730 e. The van der Waals surface area contributed by atoms with Crippen molar-refractivity contribution in [3.05, 3.63) is 127 Å². The summed E-state index contributed by atoms with van der Waals surface area (Å²) in [7, 11) is 0. The van der Waals surface area contributed by atoms with Crippen molar-refractivity contribution >= 4 is 79.7 Å². The average molecular weight is 672 g/mol. The third kappa shape index (κ3) is 6.94. The number of benzene rings is 4. The third-order valence-electron chi connectivity index (χ3n) is 4.95. The molecule has 0 spiro atoms. The van der Waals surface area contributed by atoms with E-state index >= 15 is 0 Å². The minimum absolute atomic E-state index is 0.901. The average Bonchev–Trinajstić information content (AvgIpc) is 2.86. The van der Waals surface area contributed by atoms with Crippen molar-refractivity contribution in [3.63, 3.8) is 0 Å². The summed E-state index contributed by atoms with van der Waals surface area (Å²) in [4.78, 5) is 6.26. The zero-order valence-electron chi connectivity index (χ0n) is 18.0. The summed E-state index contributed by atoms with van der Waals surface area (Å²) in [5.41, 5.74) is 6.04. The summed E-state index contributed by atoms with van der Waals surface area (Å²) in [6, 6.07) is 35.6. The van der Waals surface area contributed by atoms with Crippen LogP contribution in [0.25, 0.3) is 5.70 Å². The Labute approximate surface area is 226 Å². The number of anilines is 1. The lowest BCUT2D eigenvalue weighted by Crippen LogP contribution is -2.04. The zero-order valence-corrected chi connectivity index (χ0v) is 23.1. The molecule has 164 valence electrons. The molecule has 4 aromatic carbocycles. The van der Waals surface area contributed by atoms with Gasteiger partial charge in [-0.1, -0.05) is 42.5 Å². The van der Waals surface area contributed by atoms with E-state index in [9.17, 15) is 0 Å². The topological polar surface area (TPSA) is 24.4 Å². The van der Waals surface area contributed by atoms with E-state index in [1.165, 1.54) is 12.0 Å². The summed E-state index contributed by atoms with van der Waals surface area (Å²) in [5.74, 6) is 0. The van der Waals surface area contributed by atoms with Gasteiger partial charge in [-0.15, -0.1) is 11.8 Å². The lowest BCUT2D eigenvalue weighted by atomic mass is 10.1. The second kappa shape index (κ2) is 11.9. The minimum atomic E-state index is 0.901. The Morgan fingerprint density at radius 3 is 1.94 bits per heavy atom. The van der Waals surface area contributed by atoms with Gasteiger partial charge in [0.1, 0.15) is 0 Å². The molecule has 4 rings (SSSR count). The van der Waals surface area contributed by atoms with Gasteiger partial charge in [-0.05, 0) is 124 Å². The van der Waals surface area contributed by atoms with Gasteiger partial charge in [0.25, 0.3) is 0 Å². The van der Waals surface area contributed by atoms with Crippen LogP contribution in [0.2, 0.25) is 0 Å². The van der Waals surface area contributed by atoms with Gasteiger partial charge in [-0.25, -0.2) is 4.99 Å². The number of rotatable bonds is 7. The molecule has 0 saturated carbocycles. The van der Waals surface area contributed by atoms with Crippen molar-refractivity contribution in [2.45, 2.75) is 4.90 Å². The molecule has 0 radical (unpaired) electrons. The van der Waals surface area contributed by atoms with Gasteiger partial charge >= 0.3 is 0 Å². The number of hydrogen-bond donors (Lipinski definition) is 1. The smallest absolute Gasteiger partial charge is 0.0730 e. The Bertz CT molecular complexity index is 1250. The number of allylic oxidation sites excluding steroid dienone is 1. The highest BCUT2D eigenvalue weighted by Crippen LogP contribution is 2.24. The molecule has 0 aromatic heterocycles. The molecule has 0 bridgehead atoms. The molecule has 0 fully saturated rings. The molecule has 0 aliphatic heterocycles. The fourth-order valence-corrected chi connectivity index (χ4v) is 4.36. The van der Waals surface area contributed by atoms with Gasteiger partial charge in [-0.3, -0.25) is 0 Å². The van der Waals surface area contributed by atoms with Crippen molar-refractivity contribution in [1.82, 2.24) is 0 Å². The SMILES string of the molecule is CSc1ccc(N/C(=C/C(=Nc2ccc(I)cc2)c2ccccc2)c2ccc(I)cc2)cc1. The number of thioether (sulfide) groups is 1. The van der Waals surface area contributed by atoms with Gasteiger partial charge in [0.2, 0.25) is 0 Å². The summed E-state index contributed by atoms with van der Waals surface area (Å²) in [6.45, 7) is 0. The summed E-state index contributed by atoms with van der Waals surface area (Å²) < 4.78 is 2.40. The zero-order chi connectivity index (χ0) is 23.0. The van der Waals surface area contributed by atoms with Gasteiger partial charge in [0.15, 0.2) is 0 Å². The molecule has 0 amide bonds. The minimum Gasteiger partial charge on any atom is -0.355 e. The van der Waals surface area contributed by atoms with Crippen molar-refractivity contribution in [2.75, 3.05) is 11.6 Å². The molecule has 0 unspecified atom stereocenters. The van der Waals surface area contributed by atoms with Gasteiger partial charge in [0, 0.05) is 29.0 Å². The van der Waals surface area contributed by atoms with E-state index in [0.717, 1.165) is 33.9 Å². The largest absolute Gasteiger partial charge is 0.355 e. The number of nitrogens with zero attached hydrogens (tertiary/aromatic N) is 1. The molecule has 33 heavy (non-hydrogen) atoms. The summed E-state index contributed by atoms with van der Waals surface area (Å²) >= 11 is 6.40. The van der Waals surface area contributed by atoms with Crippen LogP contribution in [0.1, 0.15) is 11.1 Å². The van der Waals surface area contributed by atoms with Crippen molar-refractivity contribution < 1.29 is 0 Å². The predicted octanol–water partition coefficient (Wildman–Crippen LogP) is 8.89. The quantitative estimate of drug-likeness (QED) is 0.121. The lowest BCUT2D eigenvalue weighted by Gasteiger charge is -2.14. The van der Waals surface area contributed by atoms with E-state index in [-0.39, 0.29) is 0 Å². The maximum absolute atomic E-state index is 5.01. The Morgan fingerprint density at radius 2 is 1.33 bits per heavy atom. The molecule has 5 heteroatoms. The van der Waals surface area contributed by atoms with E-state index in [4.69, 9.17) is 4.99 Å². The van der Waals surface area contributed by atoms with Crippen LogP contribution in [0, 0.1) is 7.14 Å². The maximum atomic E-state index is 5.01. The first-order valence-electron chi connectivity index (χ1n) is 10.4. The summed E-state index contributed by atoms with van der Waals surface area (Å²) in [6.07, 6.45) is 4.23. The molecule has 0 atom stereocenters. The van der Waals surface area contributed by atoms with Gasteiger partial charge in [-0.2, -0.15) is 0 Å². The number of aliphatic imine (C=N–C) groups is 1. The molecule has 0 heterocycles. The molecular weight excluding hydrogens is 650 g/mol. The molecule has 0 saturated heterocycles. The van der Waals surface area contributed by atoms with Crippen LogP contribution in [-0.4, -0.2) is 12.0 Å². The van der Waals surface area contributed by atoms with Crippen LogP contribution in [-0.2, 0) is 0 Å². The van der Waals surface area contributed by atoms with Crippen LogP contribution in [0.15, 0.2) is 119 Å². The van der Waals surface area contributed by atoms with Crippen molar-refractivity contribution in [2.24, 2.45) is 4.99 Å². The van der Waals surface area contributed by atoms with Gasteiger partial charge in [0.05, 0.1) is 11.4 Å². The summed E-state index contributed by atoms with van der Waals surface area (Å²) in [5, 5.41) is 3.63. The Morgan fingerprint density at radius 1 is 0.727 bits per heavy atom. The Kier molecular flexibility index (Phi) is 8.63. The van der Waals surface area contributed by atoms with Crippen LogP contribution in [0.4, 0.5) is 11.4 Å². The fourth-order valence-electron chi connectivity index (χ4n) is 3.23. The van der Waals surface area contributed by atoms with Crippen LogP contribution >= 0.6 is 56.9 Å². The highest BCUT2D eigenvalue weighted by Gasteiger charge is 2.08. The van der Waals surface area contributed by atoms with Crippen LogP contribution < -0.4 is 5.32 Å². The molecule has 0 aliphatic rings. The third-order valence-corrected chi connectivity index (χ3v) is 7.13. The first-order valence-corrected chi connectivity index (χ1v) is 13.8.